The summed E-state index contributed by atoms with van der Waals surface area (Å²) >= 11 is 3.27. The van der Waals surface area contributed by atoms with E-state index in [-0.39, 0.29) is 18.5 Å². The fraction of sp³-hybridized carbons (Fsp3) is 0.455. The van der Waals surface area contributed by atoms with Gasteiger partial charge < -0.3 is 15.6 Å². The van der Waals surface area contributed by atoms with Crippen LogP contribution in [0.3, 0.4) is 0 Å². The smallest absolute Gasteiger partial charge is 0.124 e. The maximum absolute atomic E-state index is 12.9. The van der Waals surface area contributed by atoms with Crippen molar-refractivity contribution in [2.75, 3.05) is 19.8 Å². The average Bonchev–Trinajstić information content (AvgIpc) is 2.26. The van der Waals surface area contributed by atoms with Crippen LogP contribution in [0.25, 0.3) is 0 Å². The van der Waals surface area contributed by atoms with Gasteiger partial charge in [-0.2, -0.15) is 0 Å². The molecule has 16 heavy (non-hydrogen) atoms. The van der Waals surface area contributed by atoms with Gasteiger partial charge in [0.1, 0.15) is 5.82 Å². The number of benzene rings is 1. The molecule has 0 bridgehead atoms. The Balaban J connectivity index is 2.70. The molecule has 0 aliphatic heterocycles. The van der Waals surface area contributed by atoms with E-state index in [0.717, 1.165) is 5.56 Å². The van der Waals surface area contributed by atoms with E-state index in [4.69, 9.17) is 15.6 Å². The highest BCUT2D eigenvalue weighted by Gasteiger charge is 2.13. The van der Waals surface area contributed by atoms with Crippen molar-refractivity contribution in [3.8, 4) is 0 Å². The molecular weight excluding hydrogens is 277 g/mol. The van der Waals surface area contributed by atoms with Crippen molar-refractivity contribution in [1.29, 1.82) is 0 Å². The van der Waals surface area contributed by atoms with Crippen LogP contribution in [0.15, 0.2) is 22.7 Å². The molecule has 0 saturated heterocycles. The maximum atomic E-state index is 12.9. The van der Waals surface area contributed by atoms with Gasteiger partial charge in [0.05, 0.1) is 6.10 Å². The first-order valence-electron chi connectivity index (χ1n) is 5.06. The summed E-state index contributed by atoms with van der Waals surface area (Å²) in [5.41, 5.74) is 6.41. The van der Waals surface area contributed by atoms with Crippen LogP contribution in [-0.2, 0) is 4.74 Å². The first-order chi connectivity index (χ1) is 7.69. The predicted octanol–water partition coefficient (Wildman–Crippen LogP) is 1.99. The SMILES string of the molecule is NCC(OCCCO)c1ccc(F)cc1Br. The van der Waals surface area contributed by atoms with Crippen LogP contribution in [0.4, 0.5) is 4.39 Å². The lowest BCUT2D eigenvalue weighted by atomic mass is 10.1. The predicted molar refractivity (Wildman–Crippen MR) is 63.6 cm³/mol. The van der Waals surface area contributed by atoms with E-state index >= 15 is 0 Å². The molecule has 1 aromatic carbocycles. The number of hydrogen-bond donors (Lipinski definition) is 2. The summed E-state index contributed by atoms with van der Waals surface area (Å²) in [6.45, 7) is 0.833. The molecule has 1 aromatic rings. The second-order valence-electron chi connectivity index (χ2n) is 3.34. The van der Waals surface area contributed by atoms with Gasteiger partial charge in [-0.1, -0.05) is 22.0 Å². The molecule has 0 aliphatic rings. The van der Waals surface area contributed by atoms with Gasteiger partial charge in [-0.15, -0.1) is 0 Å². The van der Waals surface area contributed by atoms with E-state index in [1.54, 1.807) is 6.07 Å². The van der Waals surface area contributed by atoms with E-state index in [0.29, 0.717) is 24.0 Å². The summed E-state index contributed by atoms with van der Waals surface area (Å²) in [6, 6.07) is 4.40. The largest absolute Gasteiger partial charge is 0.396 e. The van der Waals surface area contributed by atoms with Crippen molar-refractivity contribution in [2.24, 2.45) is 5.73 Å². The number of rotatable bonds is 6. The molecule has 0 aromatic heterocycles. The van der Waals surface area contributed by atoms with Crippen LogP contribution in [-0.4, -0.2) is 24.9 Å². The van der Waals surface area contributed by atoms with Crippen molar-refractivity contribution in [1.82, 2.24) is 0 Å². The highest BCUT2D eigenvalue weighted by molar-refractivity contribution is 9.10. The number of aliphatic hydroxyl groups is 1. The zero-order chi connectivity index (χ0) is 12.0. The van der Waals surface area contributed by atoms with Crippen molar-refractivity contribution >= 4 is 15.9 Å². The molecular formula is C11H15BrFNO2. The summed E-state index contributed by atoms with van der Waals surface area (Å²) in [5, 5.41) is 8.64. The van der Waals surface area contributed by atoms with Crippen molar-refractivity contribution in [3.63, 3.8) is 0 Å². The van der Waals surface area contributed by atoms with Crippen LogP contribution < -0.4 is 5.73 Å². The number of aliphatic hydroxyl groups excluding tert-OH is 1. The van der Waals surface area contributed by atoms with E-state index in [2.05, 4.69) is 15.9 Å². The second kappa shape index (κ2) is 6.96. The van der Waals surface area contributed by atoms with Crippen LogP contribution in [0, 0.1) is 5.82 Å². The minimum absolute atomic E-state index is 0.0852. The summed E-state index contributed by atoms with van der Waals surface area (Å²) in [5.74, 6) is -0.304. The minimum Gasteiger partial charge on any atom is -0.396 e. The Bertz CT molecular complexity index is 336. The maximum Gasteiger partial charge on any atom is 0.124 e. The lowest BCUT2D eigenvalue weighted by Crippen LogP contribution is -2.17. The molecule has 0 radical (unpaired) electrons. The van der Waals surface area contributed by atoms with Crippen LogP contribution >= 0.6 is 15.9 Å². The zero-order valence-corrected chi connectivity index (χ0v) is 10.4. The summed E-state index contributed by atoms with van der Waals surface area (Å²) in [7, 11) is 0. The quantitative estimate of drug-likeness (QED) is 0.788. The molecule has 0 spiro atoms. The Morgan fingerprint density at radius 1 is 1.50 bits per heavy atom. The normalized spacial score (nSPS) is 12.8. The molecule has 3 nitrogen and oxygen atoms in total. The Hall–Kier alpha value is -0.490. The molecule has 1 unspecified atom stereocenters. The standard InChI is InChI=1S/C11H15BrFNO2/c12-10-6-8(13)2-3-9(10)11(7-14)16-5-1-4-15/h2-3,6,11,15H,1,4-5,7,14H2. The Morgan fingerprint density at radius 3 is 2.81 bits per heavy atom. The average molecular weight is 292 g/mol. The molecule has 3 N–H and O–H groups in total. The highest BCUT2D eigenvalue weighted by Crippen LogP contribution is 2.26. The van der Waals surface area contributed by atoms with Gasteiger partial charge in [-0.25, -0.2) is 4.39 Å². The molecule has 0 amide bonds. The van der Waals surface area contributed by atoms with Crippen LogP contribution in [0.2, 0.25) is 0 Å². The van der Waals surface area contributed by atoms with E-state index in [9.17, 15) is 4.39 Å². The minimum atomic E-state index is -0.304. The van der Waals surface area contributed by atoms with Gasteiger partial charge in [-0.05, 0) is 24.1 Å². The number of halogens is 2. The lowest BCUT2D eigenvalue weighted by molar-refractivity contribution is 0.0484. The third-order valence-electron chi connectivity index (χ3n) is 2.14. The van der Waals surface area contributed by atoms with E-state index < -0.39 is 0 Å². The summed E-state index contributed by atoms with van der Waals surface area (Å²) < 4.78 is 19.0. The number of hydrogen-bond acceptors (Lipinski definition) is 3. The van der Waals surface area contributed by atoms with Crippen molar-refractivity contribution in [2.45, 2.75) is 12.5 Å². The van der Waals surface area contributed by atoms with Gasteiger partial charge in [0.15, 0.2) is 0 Å². The van der Waals surface area contributed by atoms with Crippen molar-refractivity contribution < 1.29 is 14.2 Å². The third kappa shape index (κ3) is 3.83. The first-order valence-corrected chi connectivity index (χ1v) is 5.85. The Morgan fingerprint density at radius 2 is 2.25 bits per heavy atom. The first kappa shape index (κ1) is 13.6. The zero-order valence-electron chi connectivity index (χ0n) is 8.83. The fourth-order valence-corrected chi connectivity index (χ4v) is 1.94. The summed E-state index contributed by atoms with van der Waals surface area (Å²) in [4.78, 5) is 0. The van der Waals surface area contributed by atoms with Crippen LogP contribution in [0.5, 0.6) is 0 Å². The van der Waals surface area contributed by atoms with Crippen LogP contribution in [0.1, 0.15) is 18.1 Å². The van der Waals surface area contributed by atoms with Gasteiger partial charge in [0, 0.05) is 24.2 Å². The Labute approximate surface area is 103 Å². The van der Waals surface area contributed by atoms with E-state index in [1.807, 2.05) is 0 Å². The van der Waals surface area contributed by atoms with Gasteiger partial charge >= 0.3 is 0 Å². The highest BCUT2D eigenvalue weighted by atomic mass is 79.9. The summed E-state index contributed by atoms with van der Waals surface area (Å²) in [6.07, 6.45) is 0.288. The third-order valence-corrected chi connectivity index (χ3v) is 2.83. The van der Waals surface area contributed by atoms with Gasteiger partial charge in [0.25, 0.3) is 0 Å². The molecule has 1 atom stereocenters. The molecule has 1 rings (SSSR count). The Kier molecular flexibility index (Phi) is 5.90. The second-order valence-corrected chi connectivity index (χ2v) is 4.19. The fourth-order valence-electron chi connectivity index (χ4n) is 1.34. The molecule has 90 valence electrons. The number of nitrogens with two attached hydrogens (primary N) is 1. The van der Waals surface area contributed by atoms with Gasteiger partial charge in [0.2, 0.25) is 0 Å². The molecule has 0 fully saturated rings. The number of ether oxygens (including phenoxy) is 1. The molecule has 0 saturated carbocycles. The van der Waals surface area contributed by atoms with Gasteiger partial charge in [-0.3, -0.25) is 0 Å². The molecule has 0 aliphatic carbocycles. The van der Waals surface area contributed by atoms with E-state index in [1.165, 1.54) is 12.1 Å². The molecule has 5 heteroatoms. The van der Waals surface area contributed by atoms with Crippen molar-refractivity contribution in [3.05, 3.63) is 34.1 Å². The topological polar surface area (TPSA) is 55.5 Å². The lowest BCUT2D eigenvalue weighted by Gasteiger charge is -2.17. The molecule has 0 heterocycles. The monoisotopic (exact) mass is 291 g/mol.